The summed E-state index contributed by atoms with van der Waals surface area (Å²) in [5, 5.41) is 3.75. The number of fused-ring (bicyclic) bond motifs is 6. The molecule has 0 amide bonds. The zero-order valence-corrected chi connectivity index (χ0v) is 18.0. The second kappa shape index (κ2) is 7.35. The molecule has 0 unspecified atom stereocenters. The van der Waals surface area contributed by atoms with Gasteiger partial charge in [0.1, 0.15) is 11.3 Å². The van der Waals surface area contributed by atoms with Gasteiger partial charge in [0, 0.05) is 33.9 Å². The third-order valence-electron chi connectivity index (χ3n) is 6.09. The molecule has 0 radical (unpaired) electrons. The number of aromatic nitrogens is 6. The Balaban J connectivity index is 1.74. The fraction of sp³-hybridized carbons (Fsp3) is 0. The normalized spacial score (nSPS) is 11.5. The van der Waals surface area contributed by atoms with E-state index in [2.05, 4.69) is 9.97 Å². The highest BCUT2D eigenvalue weighted by atomic mass is 14.9. The second-order valence-electron chi connectivity index (χ2n) is 8.21. The Morgan fingerprint density at radius 3 is 1.44 bits per heavy atom. The number of benzene rings is 4. The average Bonchev–Trinajstić information content (AvgIpc) is 3.51. The summed E-state index contributed by atoms with van der Waals surface area (Å²) in [4.78, 5) is 26.5. The van der Waals surface area contributed by atoms with E-state index in [1.807, 2.05) is 97.3 Å². The maximum absolute atomic E-state index is 4.93. The number of imidazole rings is 2. The van der Waals surface area contributed by atoms with Crippen molar-refractivity contribution in [3.63, 3.8) is 0 Å². The molecule has 0 atom stereocenters. The molecule has 0 aliphatic heterocycles. The van der Waals surface area contributed by atoms with E-state index in [1.54, 1.807) is 0 Å². The molecule has 6 nitrogen and oxygen atoms in total. The molecule has 0 fully saturated rings. The van der Waals surface area contributed by atoms with Gasteiger partial charge in [0.25, 0.3) is 0 Å². The van der Waals surface area contributed by atoms with Gasteiger partial charge in [-0.05, 0) is 36.4 Å². The summed E-state index contributed by atoms with van der Waals surface area (Å²) in [7, 11) is 0. The van der Waals surface area contributed by atoms with E-state index in [4.69, 9.17) is 19.9 Å². The standard InChI is InChI=1S/C28H18N6/c1-3-11-21-19(9-1)27-31-23-13-5-8-18(25(23)33-27)16-30-22-12-4-2-10-20(22)28-32-24-14-6-7-17(15-29-21)26(24)34-28/h1-16H,(H,31,33)(H,32,34). The summed E-state index contributed by atoms with van der Waals surface area (Å²) >= 11 is 0. The van der Waals surface area contributed by atoms with Gasteiger partial charge in [-0.1, -0.05) is 48.5 Å². The molecular formula is C28H18N6. The van der Waals surface area contributed by atoms with Crippen LogP contribution in [0.3, 0.4) is 0 Å². The lowest BCUT2D eigenvalue weighted by Crippen LogP contribution is -1.78. The Kier molecular flexibility index (Phi) is 4.04. The number of nitrogens with one attached hydrogen (secondary N) is 2. The number of rotatable bonds is 0. The van der Waals surface area contributed by atoms with Crippen molar-refractivity contribution < 1.29 is 0 Å². The fourth-order valence-electron chi connectivity index (χ4n) is 4.42. The maximum atomic E-state index is 4.93. The van der Waals surface area contributed by atoms with Gasteiger partial charge in [0.2, 0.25) is 0 Å². The lowest BCUT2D eigenvalue weighted by Gasteiger charge is -1.93. The van der Waals surface area contributed by atoms with Crippen LogP contribution in [-0.2, 0) is 0 Å². The minimum absolute atomic E-state index is 0.774. The Labute approximate surface area is 193 Å². The first kappa shape index (κ1) is 18.7. The van der Waals surface area contributed by atoms with Crippen LogP contribution in [-0.4, -0.2) is 29.9 Å². The van der Waals surface area contributed by atoms with Crippen molar-refractivity contribution >= 4 is 65.9 Å². The predicted molar refractivity (Wildman–Crippen MR) is 138 cm³/mol. The summed E-state index contributed by atoms with van der Waals surface area (Å²) in [6, 6.07) is 28.2. The molecule has 3 heterocycles. The van der Waals surface area contributed by atoms with Crippen LogP contribution in [0.15, 0.2) is 97.3 Å². The minimum atomic E-state index is 0.774. The molecular weight excluding hydrogens is 420 g/mol. The second-order valence-corrected chi connectivity index (χ2v) is 8.21. The van der Waals surface area contributed by atoms with Crippen LogP contribution in [0.25, 0.3) is 65.9 Å². The van der Waals surface area contributed by atoms with Crippen molar-refractivity contribution in [2.75, 3.05) is 0 Å². The summed E-state index contributed by atoms with van der Waals surface area (Å²) in [6.07, 6.45) is 3.74. The topological polar surface area (TPSA) is 83.1 Å². The first-order chi connectivity index (χ1) is 16.8. The quantitative estimate of drug-likeness (QED) is 0.282. The van der Waals surface area contributed by atoms with Gasteiger partial charge in [0.15, 0.2) is 0 Å². The largest absolute Gasteiger partial charge is 0.338 e. The van der Waals surface area contributed by atoms with E-state index in [0.717, 1.165) is 65.9 Å². The van der Waals surface area contributed by atoms with E-state index in [1.165, 1.54) is 0 Å². The van der Waals surface area contributed by atoms with Crippen molar-refractivity contribution in [3.8, 4) is 0 Å². The highest BCUT2D eigenvalue weighted by Gasteiger charge is 2.06. The Morgan fingerprint density at radius 1 is 0.471 bits per heavy atom. The predicted octanol–water partition coefficient (Wildman–Crippen LogP) is 6.53. The molecule has 160 valence electrons. The summed E-state index contributed by atoms with van der Waals surface area (Å²) in [6.45, 7) is 0. The lowest BCUT2D eigenvalue weighted by atomic mass is 10.2. The Morgan fingerprint density at radius 2 is 0.941 bits per heavy atom. The van der Waals surface area contributed by atoms with Crippen LogP contribution < -0.4 is 0 Å². The van der Waals surface area contributed by atoms with E-state index < -0.39 is 0 Å². The number of aromatic amines is 2. The van der Waals surface area contributed by atoms with Crippen molar-refractivity contribution in [1.82, 2.24) is 29.9 Å². The van der Waals surface area contributed by atoms with Gasteiger partial charge < -0.3 is 9.97 Å². The highest BCUT2D eigenvalue weighted by Crippen LogP contribution is 2.23. The Hall–Kier alpha value is -4.84. The number of H-pyrrole nitrogens is 2. The average molecular weight is 438 g/mol. The van der Waals surface area contributed by atoms with Crippen molar-refractivity contribution in [2.24, 2.45) is 0 Å². The first-order valence-corrected chi connectivity index (χ1v) is 11.1. The molecule has 6 heteroatoms. The molecule has 34 heavy (non-hydrogen) atoms. The molecule has 0 saturated carbocycles. The third-order valence-corrected chi connectivity index (χ3v) is 6.09. The number of para-hydroxylation sites is 4. The number of nitrogens with zero attached hydrogens (tertiary/aromatic N) is 4. The molecule has 7 aromatic rings. The van der Waals surface area contributed by atoms with E-state index in [9.17, 15) is 0 Å². The van der Waals surface area contributed by atoms with Crippen molar-refractivity contribution in [3.05, 3.63) is 97.3 Å². The summed E-state index contributed by atoms with van der Waals surface area (Å²) in [5.41, 5.74) is 6.87. The van der Waals surface area contributed by atoms with Gasteiger partial charge >= 0.3 is 0 Å². The fourth-order valence-corrected chi connectivity index (χ4v) is 4.42. The lowest BCUT2D eigenvalue weighted by molar-refractivity contribution is 1.42. The molecule has 0 spiro atoms. The molecule has 0 saturated heterocycles. The van der Waals surface area contributed by atoms with Gasteiger partial charge in [-0.15, -0.1) is 0 Å². The van der Waals surface area contributed by atoms with Crippen LogP contribution in [0.5, 0.6) is 0 Å². The summed E-state index contributed by atoms with van der Waals surface area (Å²) in [5.74, 6) is 0. The van der Waals surface area contributed by atoms with Gasteiger partial charge in [0.05, 0.1) is 33.1 Å². The zero-order valence-electron chi connectivity index (χ0n) is 18.0. The Bertz CT molecular complexity index is 1840. The maximum Gasteiger partial charge on any atom is 0.140 e. The van der Waals surface area contributed by atoms with Crippen molar-refractivity contribution in [1.29, 1.82) is 0 Å². The molecule has 0 aliphatic carbocycles. The summed E-state index contributed by atoms with van der Waals surface area (Å²) < 4.78 is 0. The monoisotopic (exact) mass is 438 g/mol. The van der Waals surface area contributed by atoms with Gasteiger partial charge in [-0.25, -0.2) is 9.97 Å². The zero-order chi connectivity index (χ0) is 22.5. The first-order valence-electron chi connectivity index (χ1n) is 11.1. The van der Waals surface area contributed by atoms with Crippen molar-refractivity contribution in [2.45, 2.75) is 0 Å². The van der Waals surface area contributed by atoms with Crippen LogP contribution in [0.4, 0.5) is 0 Å². The van der Waals surface area contributed by atoms with Crippen LogP contribution in [0, 0.1) is 0 Å². The molecule has 4 aromatic carbocycles. The van der Waals surface area contributed by atoms with E-state index in [0.29, 0.717) is 0 Å². The molecule has 4 bridgehead atoms. The molecule has 2 N–H and O–H groups in total. The minimum Gasteiger partial charge on any atom is -0.338 e. The van der Waals surface area contributed by atoms with Gasteiger partial charge in [-0.3, -0.25) is 9.97 Å². The van der Waals surface area contributed by atoms with Crippen LogP contribution in [0.1, 0.15) is 0 Å². The molecule has 7 rings (SSSR count). The smallest absolute Gasteiger partial charge is 0.140 e. The SMILES string of the molecule is c1ccc2c(c1)ncc1cccc3[nH]c(nc13)c1ccccc1ncc1cccc3[nH]c2nc13. The third kappa shape index (κ3) is 2.97. The highest BCUT2D eigenvalue weighted by molar-refractivity contribution is 6.01. The van der Waals surface area contributed by atoms with Crippen LogP contribution in [0.2, 0.25) is 0 Å². The van der Waals surface area contributed by atoms with Gasteiger partial charge in [-0.2, -0.15) is 0 Å². The number of hydrogen-bond acceptors (Lipinski definition) is 4. The van der Waals surface area contributed by atoms with E-state index in [-0.39, 0.29) is 0 Å². The number of hydrogen-bond donors (Lipinski definition) is 2. The van der Waals surface area contributed by atoms with E-state index >= 15 is 0 Å². The molecule has 0 aliphatic rings. The molecule has 3 aromatic heterocycles. The van der Waals surface area contributed by atoms with Crippen LogP contribution >= 0.6 is 0 Å².